The van der Waals surface area contributed by atoms with E-state index in [0.717, 1.165) is 27.8 Å². The molecule has 0 unspecified atom stereocenters. The largest absolute Gasteiger partial charge is 0.477 e. The molecule has 0 aliphatic heterocycles. The van der Waals surface area contributed by atoms with Gasteiger partial charge in [0, 0.05) is 17.1 Å². The molecule has 0 radical (unpaired) electrons. The number of aryl methyl sites for hydroxylation is 1. The lowest BCUT2D eigenvalue weighted by molar-refractivity contribution is 0.0701. The molecule has 0 saturated heterocycles. The number of carboxylic acids is 1. The second kappa shape index (κ2) is 5.60. The fourth-order valence-electron chi connectivity index (χ4n) is 2.47. The SMILES string of the molecule is C#CCn1cc(C#N)c2cc(-c3nc(C)c(C(=O)O)s3)ccc21. The van der Waals surface area contributed by atoms with Crippen LogP contribution >= 0.6 is 11.3 Å². The van der Waals surface area contributed by atoms with Crippen molar-refractivity contribution in [2.45, 2.75) is 13.5 Å². The van der Waals surface area contributed by atoms with Gasteiger partial charge in [0.15, 0.2) is 0 Å². The number of aromatic carboxylic acids is 1. The molecule has 0 atom stereocenters. The molecule has 5 nitrogen and oxygen atoms in total. The number of aromatic nitrogens is 2. The van der Waals surface area contributed by atoms with Gasteiger partial charge in [0.1, 0.15) is 16.0 Å². The van der Waals surface area contributed by atoms with Crippen LogP contribution in [0.3, 0.4) is 0 Å². The molecule has 0 aliphatic carbocycles. The molecular formula is C17H11N3O2S. The monoisotopic (exact) mass is 321 g/mol. The standard InChI is InChI=1S/C17H11N3O2S/c1-3-6-20-9-12(8-18)13-7-11(4-5-14(13)20)16-19-10(2)15(23-16)17(21)22/h1,4-5,7,9H,6H2,2H3,(H,21,22). The van der Waals surface area contributed by atoms with Gasteiger partial charge in [0.2, 0.25) is 0 Å². The molecule has 0 amide bonds. The van der Waals surface area contributed by atoms with E-state index in [9.17, 15) is 10.1 Å². The zero-order valence-corrected chi connectivity index (χ0v) is 13.0. The second-order valence-electron chi connectivity index (χ2n) is 4.96. The Labute approximate surface area is 136 Å². The smallest absolute Gasteiger partial charge is 0.347 e. The lowest BCUT2D eigenvalue weighted by Crippen LogP contribution is -1.94. The Bertz CT molecular complexity index is 1020. The highest BCUT2D eigenvalue weighted by Crippen LogP contribution is 2.31. The lowest BCUT2D eigenvalue weighted by Gasteiger charge is -2.01. The van der Waals surface area contributed by atoms with Gasteiger partial charge in [-0.05, 0) is 25.1 Å². The lowest BCUT2D eigenvalue weighted by atomic mass is 10.1. The van der Waals surface area contributed by atoms with Crippen molar-refractivity contribution in [1.29, 1.82) is 5.26 Å². The van der Waals surface area contributed by atoms with Crippen LogP contribution in [0, 0.1) is 30.6 Å². The first-order chi connectivity index (χ1) is 11.0. The van der Waals surface area contributed by atoms with Crippen LogP contribution in [-0.4, -0.2) is 20.6 Å². The van der Waals surface area contributed by atoms with E-state index in [2.05, 4.69) is 17.0 Å². The number of benzene rings is 1. The zero-order chi connectivity index (χ0) is 16.6. The zero-order valence-electron chi connectivity index (χ0n) is 12.2. The Morgan fingerprint density at radius 3 is 2.91 bits per heavy atom. The van der Waals surface area contributed by atoms with Gasteiger partial charge >= 0.3 is 5.97 Å². The first kappa shape index (κ1) is 14.8. The van der Waals surface area contributed by atoms with Crippen LogP contribution in [0.25, 0.3) is 21.5 Å². The molecule has 23 heavy (non-hydrogen) atoms. The Morgan fingerprint density at radius 1 is 1.52 bits per heavy atom. The van der Waals surface area contributed by atoms with Crippen LogP contribution in [0.5, 0.6) is 0 Å². The maximum Gasteiger partial charge on any atom is 0.347 e. The third-order valence-corrected chi connectivity index (χ3v) is 4.70. The van der Waals surface area contributed by atoms with E-state index < -0.39 is 5.97 Å². The molecule has 112 valence electrons. The highest BCUT2D eigenvalue weighted by molar-refractivity contribution is 7.17. The number of fused-ring (bicyclic) bond motifs is 1. The van der Waals surface area contributed by atoms with Crippen molar-refractivity contribution in [2.24, 2.45) is 0 Å². The summed E-state index contributed by atoms with van der Waals surface area (Å²) >= 11 is 1.13. The number of terminal acetylenes is 1. The molecule has 1 aromatic carbocycles. The number of rotatable bonds is 3. The molecule has 3 rings (SSSR count). The number of carboxylic acid groups (broad SMARTS) is 1. The summed E-state index contributed by atoms with van der Waals surface area (Å²) < 4.78 is 1.84. The third-order valence-electron chi connectivity index (χ3n) is 3.50. The quantitative estimate of drug-likeness (QED) is 0.751. The molecule has 2 heterocycles. The fourth-order valence-corrected chi connectivity index (χ4v) is 3.37. The predicted molar refractivity (Wildman–Crippen MR) is 88.3 cm³/mol. The van der Waals surface area contributed by atoms with Crippen molar-refractivity contribution in [3.63, 3.8) is 0 Å². The fraction of sp³-hybridized carbons (Fsp3) is 0.118. The van der Waals surface area contributed by atoms with E-state index in [0.29, 0.717) is 22.8 Å². The molecule has 2 aromatic heterocycles. The normalized spacial score (nSPS) is 10.4. The van der Waals surface area contributed by atoms with Crippen LogP contribution in [0.1, 0.15) is 20.9 Å². The number of nitriles is 1. The molecule has 1 N–H and O–H groups in total. The van der Waals surface area contributed by atoms with Crippen molar-refractivity contribution < 1.29 is 9.90 Å². The molecule has 6 heteroatoms. The topological polar surface area (TPSA) is 78.9 Å². The van der Waals surface area contributed by atoms with Gasteiger partial charge in [-0.15, -0.1) is 17.8 Å². The summed E-state index contributed by atoms with van der Waals surface area (Å²) in [6.45, 7) is 2.06. The highest BCUT2D eigenvalue weighted by Gasteiger charge is 2.16. The van der Waals surface area contributed by atoms with Crippen molar-refractivity contribution in [1.82, 2.24) is 9.55 Å². The maximum absolute atomic E-state index is 11.2. The molecule has 0 fully saturated rings. The Kier molecular flexibility index (Phi) is 3.61. The average Bonchev–Trinajstić information content (AvgIpc) is 3.08. The number of carbonyl (C=O) groups is 1. The molecule has 0 bridgehead atoms. The van der Waals surface area contributed by atoms with E-state index in [1.165, 1.54) is 0 Å². The minimum absolute atomic E-state index is 0.227. The van der Waals surface area contributed by atoms with Gasteiger partial charge in [-0.1, -0.05) is 5.92 Å². The molecule has 0 saturated carbocycles. The van der Waals surface area contributed by atoms with Gasteiger partial charge < -0.3 is 9.67 Å². The van der Waals surface area contributed by atoms with Crippen LogP contribution in [-0.2, 0) is 6.54 Å². The minimum Gasteiger partial charge on any atom is -0.477 e. The Hall–Kier alpha value is -3.09. The number of hydrogen-bond donors (Lipinski definition) is 1. The molecule has 3 aromatic rings. The summed E-state index contributed by atoms with van der Waals surface area (Å²) in [4.78, 5) is 15.7. The van der Waals surface area contributed by atoms with E-state index in [1.54, 1.807) is 13.1 Å². The van der Waals surface area contributed by atoms with Crippen LogP contribution < -0.4 is 0 Å². The van der Waals surface area contributed by atoms with Crippen LogP contribution in [0.4, 0.5) is 0 Å². The molecule has 0 aliphatic rings. The van der Waals surface area contributed by atoms with Gasteiger partial charge in [-0.25, -0.2) is 9.78 Å². The maximum atomic E-state index is 11.2. The molecular weight excluding hydrogens is 310 g/mol. The van der Waals surface area contributed by atoms with Crippen molar-refractivity contribution >= 4 is 28.2 Å². The summed E-state index contributed by atoms with van der Waals surface area (Å²) in [5.74, 6) is 1.58. The minimum atomic E-state index is -0.981. The van der Waals surface area contributed by atoms with Crippen molar-refractivity contribution in [3.8, 4) is 29.0 Å². The van der Waals surface area contributed by atoms with Gasteiger partial charge in [0.05, 0.1) is 23.3 Å². The summed E-state index contributed by atoms with van der Waals surface area (Å²) in [5, 5.41) is 19.8. The average molecular weight is 321 g/mol. The highest BCUT2D eigenvalue weighted by atomic mass is 32.1. The predicted octanol–water partition coefficient (Wildman–Crippen LogP) is 3.28. The number of nitrogens with zero attached hydrogens (tertiary/aromatic N) is 3. The van der Waals surface area contributed by atoms with Crippen molar-refractivity contribution in [3.05, 3.63) is 40.5 Å². The van der Waals surface area contributed by atoms with E-state index in [4.69, 9.17) is 11.5 Å². The third kappa shape index (κ3) is 2.46. The second-order valence-corrected chi connectivity index (χ2v) is 5.96. The van der Waals surface area contributed by atoms with Gasteiger partial charge in [-0.3, -0.25) is 0 Å². The van der Waals surface area contributed by atoms with Crippen molar-refractivity contribution in [2.75, 3.05) is 0 Å². The Balaban J connectivity index is 2.17. The Morgan fingerprint density at radius 2 is 2.30 bits per heavy atom. The molecule has 0 spiro atoms. The summed E-state index contributed by atoms with van der Waals surface area (Å²) in [6, 6.07) is 7.75. The number of hydrogen-bond acceptors (Lipinski definition) is 4. The van der Waals surface area contributed by atoms with E-state index >= 15 is 0 Å². The first-order valence-corrected chi connectivity index (χ1v) is 7.54. The number of thiazole rings is 1. The summed E-state index contributed by atoms with van der Waals surface area (Å²) in [7, 11) is 0. The van der Waals surface area contributed by atoms with E-state index in [1.807, 2.05) is 22.8 Å². The van der Waals surface area contributed by atoms with E-state index in [-0.39, 0.29) is 4.88 Å². The van der Waals surface area contributed by atoms with Gasteiger partial charge in [0.25, 0.3) is 0 Å². The summed E-state index contributed by atoms with van der Waals surface area (Å²) in [5.41, 5.74) is 2.68. The summed E-state index contributed by atoms with van der Waals surface area (Å²) in [6.07, 6.45) is 7.08. The van der Waals surface area contributed by atoms with Crippen LogP contribution in [0.2, 0.25) is 0 Å². The van der Waals surface area contributed by atoms with Crippen LogP contribution in [0.15, 0.2) is 24.4 Å². The first-order valence-electron chi connectivity index (χ1n) is 6.72. The van der Waals surface area contributed by atoms with Gasteiger partial charge in [-0.2, -0.15) is 5.26 Å².